The van der Waals surface area contributed by atoms with Gasteiger partial charge in [0.15, 0.2) is 5.13 Å². The highest BCUT2D eigenvalue weighted by atomic mass is 79.9. The molecule has 0 fully saturated rings. The zero-order chi connectivity index (χ0) is 12.3. The van der Waals surface area contributed by atoms with Crippen molar-refractivity contribution < 1.29 is 4.79 Å². The van der Waals surface area contributed by atoms with Crippen LogP contribution in [0.15, 0.2) is 34.9 Å². The van der Waals surface area contributed by atoms with Crippen LogP contribution in [0, 0.1) is 0 Å². The monoisotopic (exact) mass is 311 g/mol. The number of nitrogen functional groups attached to an aromatic ring is 1. The first-order valence-corrected chi connectivity index (χ1v) is 6.50. The first-order valence-electron chi connectivity index (χ1n) is 4.89. The number of rotatable bonds is 3. The number of halogens is 1. The normalized spacial score (nSPS) is 10.2. The number of nitrogens with zero attached hydrogens (tertiary/aromatic N) is 1. The molecule has 1 amide bonds. The van der Waals surface area contributed by atoms with Gasteiger partial charge in [-0.15, -0.1) is 0 Å². The van der Waals surface area contributed by atoms with E-state index in [2.05, 4.69) is 26.2 Å². The van der Waals surface area contributed by atoms with E-state index in [0.717, 1.165) is 10.0 Å². The van der Waals surface area contributed by atoms with Crippen LogP contribution < -0.4 is 11.1 Å². The second-order valence-corrected chi connectivity index (χ2v) is 5.35. The van der Waals surface area contributed by atoms with Crippen LogP contribution in [-0.2, 0) is 6.54 Å². The Balaban J connectivity index is 1.97. The highest BCUT2D eigenvalue weighted by Crippen LogP contribution is 2.15. The maximum atomic E-state index is 11.7. The minimum absolute atomic E-state index is 0.154. The fourth-order valence-corrected chi connectivity index (χ4v) is 2.36. The molecule has 0 saturated carbocycles. The van der Waals surface area contributed by atoms with Gasteiger partial charge in [-0.05, 0) is 17.7 Å². The summed E-state index contributed by atoms with van der Waals surface area (Å²) in [6.45, 7) is 0.482. The van der Waals surface area contributed by atoms with Crippen molar-refractivity contribution in [2.45, 2.75) is 6.54 Å². The van der Waals surface area contributed by atoms with Crippen molar-refractivity contribution in [2.24, 2.45) is 0 Å². The van der Waals surface area contributed by atoms with Gasteiger partial charge in [-0.25, -0.2) is 4.98 Å². The van der Waals surface area contributed by atoms with Gasteiger partial charge in [0.25, 0.3) is 5.91 Å². The largest absolute Gasteiger partial charge is 0.375 e. The van der Waals surface area contributed by atoms with Gasteiger partial charge >= 0.3 is 0 Å². The maximum Gasteiger partial charge on any atom is 0.263 e. The number of benzene rings is 1. The number of hydrogen-bond acceptors (Lipinski definition) is 4. The average molecular weight is 312 g/mol. The standard InChI is InChI=1S/C11H10BrN3OS/c12-8-3-1-2-7(4-8)5-14-10(16)9-6-15-11(13)17-9/h1-4,6H,5H2,(H2,13,15)(H,14,16). The van der Waals surface area contributed by atoms with Crippen molar-refractivity contribution in [1.82, 2.24) is 10.3 Å². The number of carbonyl (C=O) groups excluding carboxylic acids is 1. The summed E-state index contributed by atoms with van der Waals surface area (Å²) in [5, 5.41) is 3.21. The highest BCUT2D eigenvalue weighted by molar-refractivity contribution is 9.10. The Morgan fingerprint density at radius 2 is 2.35 bits per heavy atom. The maximum absolute atomic E-state index is 11.7. The highest BCUT2D eigenvalue weighted by Gasteiger charge is 2.08. The Labute approximate surface area is 111 Å². The fourth-order valence-electron chi connectivity index (χ4n) is 1.31. The van der Waals surface area contributed by atoms with Crippen LogP contribution in [0.2, 0.25) is 0 Å². The predicted octanol–water partition coefficient (Wildman–Crippen LogP) is 2.42. The van der Waals surface area contributed by atoms with E-state index in [1.54, 1.807) is 0 Å². The van der Waals surface area contributed by atoms with E-state index in [0.29, 0.717) is 16.6 Å². The minimum Gasteiger partial charge on any atom is -0.375 e. The van der Waals surface area contributed by atoms with Gasteiger partial charge in [0.1, 0.15) is 4.88 Å². The van der Waals surface area contributed by atoms with E-state index in [-0.39, 0.29) is 5.91 Å². The Morgan fingerprint density at radius 1 is 1.53 bits per heavy atom. The Bertz CT molecular complexity index is 541. The van der Waals surface area contributed by atoms with E-state index in [9.17, 15) is 4.79 Å². The Hall–Kier alpha value is -1.40. The fraction of sp³-hybridized carbons (Fsp3) is 0.0909. The van der Waals surface area contributed by atoms with Gasteiger partial charge in [0, 0.05) is 11.0 Å². The Morgan fingerprint density at radius 3 is 3.00 bits per heavy atom. The zero-order valence-corrected chi connectivity index (χ0v) is 11.2. The van der Waals surface area contributed by atoms with E-state index in [4.69, 9.17) is 5.73 Å². The summed E-state index contributed by atoms with van der Waals surface area (Å²) in [5.41, 5.74) is 6.50. The van der Waals surface area contributed by atoms with Crippen molar-refractivity contribution in [3.63, 3.8) is 0 Å². The molecule has 0 spiro atoms. The van der Waals surface area contributed by atoms with Crippen LogP contribution in [0.25, 0.3) is 0 Å². The van der Waals surface area contributed by atoms with E-state index in [1.807, 2.05) is 24.3 Å². The van der Waals surface area contributed by atoms with Gasteiger partial charge < -0.3 is 11.1 Å². The predicted molar refractivity (Wildman–Crippen MR) is 71.8 cm³/mol. The molecule has 4 nitrogen and oxygen atoms in total. The minimum atomic E-state index is -0.154. The molecular formula is C11H10BrN3OS. The third kappa shape index (κ3) is 3.28. The second kappa shape index (κ2) is 5.29. The van der Waals surface area contributed by atoms with Gasteiger partial charge in [-0.1, -0.05) is 39.4 Å². The summed E-state index contributed by atoms with van der Waals surface area (Å²) >= 11 is 4.56. The molecule has 0 bridgehead atoms. The summed E-state index contributed by atoms with van der Waals surface area (Å²) in [6, 6.07) is 7.78. The molecule has 17 heavy (non-hydrogen) atoms. The van der Waals surface area contributed by atoms with Crippen LogP contribution in [0.3, 0.4) is 0 Å². The van der Waals surface area contributed by atoms with Crippen LogP contribution in [0.5, 0.6) is 0 Å². The average Bonchev–Trinajstić information content (AvgIpc) is 2.73. The zero-order valence-electron chi connectivity index (χ0n) is 8.81. The summed E-state index contributed by atoms with van der Waals surface area (Å²) in [6.07, 6.45) is 1.48. The molecule has 1 heterocycles. The van der Waals surface area contributed by atoms with Crippen molar-refractivity contribution >= 4 is 38.3 Å². The van der Waals surface area contributed by atoms with E-state index < -0.39 is 0 Å². The lowest BCUT2D eigenvalue weighted by Crippen LogP contribution is -2.21. The molecule has 6 heteroatoms. The van der Waals surface area contributed by atoms with Crippen LogP contribution >= 0.6 is 27.3 Å². The van der Waals surface area contributed by atoms with Crippen LogP contribution in [0.1, 0.15) is 15.2 Å². The lowest BCUT2D eigenvalue weighted by atomic mass is 10.2. The van der Waals surface area contributed by atoms with E-state index >= 15 is 0 Å². The van der Waals surface area contributed by atoms with Crippen LogP contribution in [-0.4, -0.2) is 10.9 Å². The molecule has 1 aromatic carbocycles. The number of hydrogen-bond donors (Lipinski definition) is 2. The molecule has 88 valence electrons. The molecule has 0 aliphatic heterocycles. The third-order valence-electron chi connectivity index (χ3n) is 2.09. The summed E-state index contributed by atoms with van der Waals surface area (Å²) in [5.74, 6) is -0.154. The molecule has 3 N–H and O–H groups in total. The molecule has 0 aliphatic carbocycles. The SMILES string of the molecule is Nc1ncc(C(=O)NCc2cccc(Br)c2)s1. The molecule has 0 saturated heterocycles. The molecule has 1 aromatic heterocycles. The van der Waals surface area contributed by atoms with Crippen molar-refractivity contribution in [3.8, 4) is 0 Å². The third-order valence-corrected chi connectivity index (χ3v) is 3.41. The molecule has 0 atom stereocenters. The number of nitrogens with one attached hydrogen (secondary N) is 1. The number of carbonyl (C=O) groups is 1. The van der Waals surface area contributed by atoms with Crippen molar-refractivity contribution in [2.75, 3.05) is 5.73 Å². The van der Waals surface area contributed by atoms with Crippen LogP contribution in [0.4, 0.5) is 5.13 Å². The van der Waals surface area contributed by atoms with Gasteiger partial charge in [-0.2, -0.15) is 0 Å². The summed E-state index contributed by atoms with van der Waals surface area (Å²) in [7, 11) is 0. The lowest BCUT2D eigenvalue weighted by Gasteiger charge is -2.03. The summed E-state index contributed by atoms with van der Waals surface area (Å²) in [4.78, 5) is 16.1. The number of thiazole rings is 1. The second-order valence-electron chi connectivity index (χ2n) is 3.38. The molecule has 0 aliphatic rings. The van der Waals surface area contributed by atoms with Crippen molar-refractivity contribution in [1.29, 1.82) is 0 Å². The van der Waals surface area contributed by atoms with Gasteiger partial charge in [-0.3, -0.25) is 4.79 Å². The molecule has 2 aromatic rings. The van der Waals surface area contributed by atoms with Gasteiger partial charge in [0.2, 0.25) is 0 Å². The smallest absolute Gasteiger partial charge is 0.263 e. The first kappa shape index (κ1) is 12.1. The van der Waals surface area contributed by atoms with Crippen molar-refractivity contribution in [3.05, 3.63) is 45.4 Å². The number of aromatic nitrogens is 1. The molecular weight excluding hydrogens is 302 g/mol. The summed E-state index contributed by atoms with van der Waals surface area (Å²) < 4.78 is 0.992. The number of anilines is 1. The number of amides is 1. The Kier molecular flexibility index (Phi) is 3.75. The molecule has 0 unspecified atom stereocenters. The first-order chi connectivity index (χ1) is 8.15. The van der Waals surface area contributed by atoms with Gasteiger partial charge in [0.05, 0.1) is 6.20 Å². The topological polar surface area (TPSA) is 68.0 Å². The number of nitrogens with two attached hydrogens (primary N) is 1. The lowest BCUT2D eigenvalue weighted by molar-refractivity contribution is 0.0955. The molecule has 2 rings (SSSR count). The molecule has 0 radical (unpaired) electrons. The van der Waals surface area contributed by atoms with E-state index in [1.165, 1.54) is 17.5 Å². The quantitative estimate of drug-likeness (QED) is 0.914.